The van der Waals surface area contributed by atoms with E-state index in [1.54, 1.807) is 49.2 Å². The van der Waals surface area contributed by atoms with E-state index in [1.165, 1.54) is 0 Å². The molecular weight excluding hydrogens is 536 g/mol. The topological polar surface area (TPSA) is 61.8 Å². The van der Waals surface area contributed by atoms with Crippen molar-refractivity contribution in [3.8, 4) is 0 Å². The molecule has 0 amide bonds. The van der Waals surface area contributed by atoms with Crippen LogP contribution in [0.15, 0.2) is 64.6 Å². The average molecular weight is 557 g/mol. The van der Waals surface area contributed by atoms with Crippen LogP contribution in [0.2, 0.25) is 20.1 Å². The third-order valence-corrected chi connectivity index (χ3v) is 8.34. The van der Waals surface area contributed by atoms with Crippen LogP contribution in [0.4, 0.5) is 5.69 Å². The number of halogens is 4. The Morgan fingerprint density at radius 3 is 2.26 bits per heavy atom. The zero-order valence-corrected chi connectivity index (χ0v) is 22.2. The SMILES string of the molecule is Cc1cc(S(=O)(=O)NCC2=NN(c3ccc(Cl)cc3Cl)[C@@H](c3ccc(Cl)cc3)C2)c(C)cc1Cl. The number of nitrogens with zero attached hydrogens (tertiary/aromatic N) is 2. The van der Waals surface area contributed by atoms with E-state index < -0.39 is 10.0 Å². The zero-order chi connectivity index (χ0) is 24.6. The van der Waals surface area contributed by atoms with Crippen molar-refractivity contribution < 1.29 is 8.42 Å². The number of nitrogens with one attached hydrogen (secondary N) is 1. The number of hydrogen-bond donors (Lipinski definition) is 1. The van der Waals surface area contributed by atoms with Crippen molar-refractivity contribution in [2.75, 3.05) is 11.6 Å². The smallest absolute Gasteiger partial charge is 0.241 e. The van der Waals surface area contributed by atoms with Gasteiger partial charge in [0.05, 0.1) is 33.9 Å². The highest BCUT2D eigenvalue weighted by Gasteiger charge is 2.31. The Morgan fingerprint density at radius 1 is 0.912 bits per heavy atom. The van der Waals surface area contributed by atoms with Crippen molar-refractivity contribution in [2.45, 2.75) is 31.2 Å². The lowest BCUT2D eigenvalue weighted by atomic mass is 10.0. The Hall–Kier alpha value is -1.80. The van der Waals surface area contributed by atoms with Crippen molar-refractivity contribution in [2.24, 2.45) is 5.10 Å². The number of benzene rings is 3. The fraction of sp³-hybridized carbons (Fsp3) is 0.208. The predicted molar refractivity (Wildman–Crippen MR) is 141 cm³/mol. The van der Waals surface area contributed by atoms with Crippen LogP contribution in [0, 0.1) is 13.8 Å². The third kappa shape index (κ3) is 5.38. The Labute approximate surface area is 219 Å². The van der Waals surface area contributed by atoms with Crippen LogP contribution in [0.3, 0.4) is 0 Å². The number of hydrogen-bond acceptors (Lipinski definition) is 4. The summed E-state index contributed by atoms with van der Waals surface area (Å²) in [5.74, 6) is 0. The molecule has 0 saturated heterocycles. The number of anilines is 1. The Bertz CT molecular complexity index is 1380. The molecule has 0 bridgehead atoms. The average Bonchev–Trinajstić information content (AvgIpc) is 3.19. The highest BCUT2D eigenvalue weighted by Crippen LogP contribution is 2.39. The summed E-state index contributed by atoms with van der Waals surface area (Å²) in [6.45, 7) is 3.54. The van der Waals surface area contributed by atoms with Gasteiger partial charge in [-0.15, -0.1) is 0 Å². The molecule has 4 rings (SSSR count). The second-order valence-corrected chi connectivity index (χ2v) is 11.5. The molecule has 34 heavy (non-hydrogen) atoms. The summed E-state index contributed by atoms with van der Waals surface area (Å²) in [5.41, 5.74) is 3.58. The molecule has 0 aliphatic carbocycles. The Kier molecular flexibility index (Phi) is 7.48. The van der Waals surface area contributed by atoms with E-state index in [1.807, 2.05) is 24.3 Å². The summed E-state index contributed by atoms with van der Waals surface area (Å²) in [7, 11) is -3.77. The third-order valence-electron chi connectivity index (χ3n) is 5.60. The number of sulfonamides is 1. The van der Waals surface area contributed by atoms with Gasteiger partial charge in [-0.1, -0.05) is 58.5 Å². The zero-order valence-electron chi connectivity index (χ0n) is 18.3. The van der Waals surface area contributed by atoms with Gasteiger partial charge in [0.25, 0.3) is 0 Å². The van der Waals surface area contributed by atoms with Crippen LogP contribution in [-0.2, 0) is 10.0 Å². The van der Waals surface area contributed by atoms with Gasteiger partial charge in [-0.2, -0.15) is 5.10 Å². The highest BCUT2D eigenvalue weighted by molar-refractivity contribution is 7.89. The van der Waals surface area contributed by atoms with Crippen LogP contribution >= 0.6 is 46.4 Å². The first-order valence-electron chi connectivity index (χ1n) is 10.4. The summed E-state index contributed by atoms with van der Waals surface area (Å²) in [6, 6.07) is 15.7. The quantitative estimate of drug-likeness (QED) is 0.349. The van der Waals surface area contributed by atoms with Crippen LogP contribution < -0.4 is 9.73 Å². The molecule has 0 radical (unpaired) electrons. The molecule has 0 spiro atoms. The van der Waals surface area contributed by atoms with E-state index in [2.05, 4.69) is 4.72 Å². The first-order chi connectivity index (χ1) is 16.0. The molecule has 0 saturated carbocycles. The Morgan fingerprint density at radius 2 is 1.59 bits per heavy atom. The minimum Gasteiger partial charge on any atom is -0.256 e. The summed E-state index contributed by atoms with van der Waals surface area (Å²) >= 11 is 24.7. The van der Waals surface area contributed by atoms with Crippen LogP contribution in [0.1, 0.15) is 29.2 Å². The van der Waals surface area contributed by atoms with Gasteiger partial charge in [0.1, 0.15) is 0 Å². The normalized spacial score (nSPS) is 16.1. The molecule has 3 aromatic rings. The fourth-order valence-electron chi connectivity index (χ4n) is 3.81. The number of hydrazone groups is 1. The molecule has 1 N–H and O–H groups in total. The molecule has 178 valence electrons. The minimum absolute atomic E-state index is 0.0508. The standard InChI is InChI=1S/C24H21Cl4N3O2S/c1-14-10-24(15(2)9-20(14)27)34(32,33)29-13-19-12-23(16-3-5-17(25)6-4-16)31(30-19)22-8-7-18(26)11-21(22)28/h3-11,23,29H,12-13H2,1-2H3/t23-/m1/s1. The molecule has 10 heteroatoms. The summed E-state index contributed by atoms with van der Waals surface area (Å²) in [6.07, 6.45) is 0.502. The van der Waals surface area contributed by atoms with Gasteiger partial charge in [-0.25, -0.2) is 13.1 Å². The van der Waals surface area contributed by atoms with E-state index in [0.717, 1.165) is 5.56 Å². The molecule has 0 unspecified atom stereocenters. The molecule has 0 aromatic heterocycles. The van der Waals surface area contributed by atoms with Crippen molar-refractivity contribution in [1.82, 2.24) is 4.72 Å². The lowest BCUT2D eigenvalue weighted by Crippen LogP contribution is -2.29. The van der Waals surface area contributed by atoms with Crippen LogP contribution in [-0.4, -0.2) is 20.7 Å². The van der Waals surface area contributed by atoms with Crippen LogP contribution in [0.25, 0.3) is 0 Å². The van der Waals surface area contributed by atoms with Gasteiger partial charge >= 0.3 is 0 Å². The van der Waals surface area contributed by atoms with E-state index in [9.17, 15) is 8.42 Å². The van der Waals surface area contributed by atoms with E-state index >= 15 is 0 Å². The molecule has 1 atom stereocenters. The van der Waals surface area contributed by atoms with E-state index in [0.29, 0.717) is 49.0 Å². The molecule has 1 heterocycles. The first kappa shape index (κ1) is 25.3. The van der Waals surface area contributed by atoms with Gasteiger partial charge < -0.3 is 0 Å². The van der Waals surface area contributed by atoms with Gasteiger partial charge in [0.2, 0.25) is 10.0 Å². The summed E-state index contributed by atoms with van der Waals surface area (Å²) in [4.78, 5) is 0.194. The minimum atomic E-state index is -3.77. The predicted octanol–water partition coefficient (Wildman–Crippen LogP) is 7.20. The molecular formula is C24H21Cl4N3O2S. The lowest BCUT2D eigenvalue weighted by Gasteiger charge is -2.25. The van der Waals surface area contributed by atoms with Gasteiger partial charge in [-0.3, -0.25) is 5.01 Å². The largest absolute Gasteiger partial charge is 0.256 e. The lowest BCUT2D eigenvalue weighted by molar-refractivity contribution is 0.585. The van der Waals surface area contributed by atoms with E-state index in [4.69, 9.17) is 51.5 Å². The van der Waals surface area contributed by atoms with Gasteiger partial charge in [-0.05, 0) is 73.0 Å². The van der Waals surface area contributed by atoms with Crippen molar-refractivity contribution in [3.05, 3.63) is 91.4 Å². The Balaban J connectivity index is 1.63. The monoisotopic (exact) mass is 555 g/mol. The van der Waals surface area contributed by atoms with Gasteiger partial charge in [0.15, 0.2) is 0 Å². The highest BCUT2D eigenvalue weighted by atomic mass is 35.5. The maximum Gasteiger partial charge on any atom is 0.241 e. The molecule has 3 aromatic carbocycles. The maximum absolute atomic E-state index is 13.0. The summed E-state index contributed by atoms with van der Waals surface area (Å²) < 4.78 is 28.7. The number of rotatable bonds is 6. The van der Waals surface area contributed by atoms with E-state index in [-0.39, 0.29) is 17.5 Å². The fourth-order valence-corrected chi connectivity index (χ4v) is 5.98. The van der Waals surface area contributed by atoms with Gasteiger partial charge in [0, 0.05) is 21.5 Å². The second-order valence-electron chi connectivity index (χ2n) is 8.07. The summed E-state index contributed by atoms with van der Waals surface area (Å²) in [5, 5.41) is 8.63. The first-order valence-corrected chi connectivity index (χ1v) is 13.4. The molecule has 5 nitrogen and oxygen atoms in total. The maximum atomic E-state index is 13.0. The number of aryl methyl sites for hydroxylation is 2. The molecule has 1 aliphatic heterocycles. The molecule has 0 fully saturated rings. The van der Waals surface area contributed by atoms with Crippen molar-refractivity contribution >= 4 is 67.8 Å². The van der Waals surface area contributed by atoms with Crippen LogP contribution in [0.5, 0.6) is 0 Å². The molecule has 1 aliphatic rings. The van der Waals surface area contributed by atoms with Crippen molar-refractivity contribution in [1.29, 1.82) is 0 Å². The van der Waals surface area contributed by atoms with Crippen molar-refractivity contribution in [3.63, 3.8) is 0 Å². The second kappa shape index (κ2) is 10.1.